The van der Waals surface area contributed by atoms with Gasteiger partial charge in [0.15, 0.2) is 0 Å². The molecule has 100 valence electrons. The fourth-order valence-electron chi connectivity index (χ4n) is 2.22. The SMILES string of the molecule is CNc1ccc(F)c(C2CC2)c1SCc1cccs1. The van der Waals surface area contributed by atoms with Crippen molar-refractivity contribution in [2.75, 3.05) is 12.4 Å². The second-order valence-corrected chi connectivity index (χ2v) is 6.75. The lowest BCUT2D eigenvalue weighted by molar-refractivity contribution is 0.605. The largest absolute Gasteiger partial charge is 0.387 e. The van der Waals surface area contributed by atoms with Crippen LogP contribution in [0.5, 0.6) is 0 Å². The third-order valence-electron chi connectivity index (χ3n) is 3.34. The van der Waals surface area contributed by atoms with E-state index >= 15 is 0 Å². The van der Waals surface area contributed by atoms with Crippen molar-refractivity contribution >= 4 is 28.8 Å². The maximum Gasteiger partial charge on any atom is 0.127 e. The minimum Gasteiger partial charge on any atom is -0.387 e. The monoisotopic (exact) mass is 293 g/mol. The molecule has 19 heavy (non-hydrogen) atoms. The molecule has 1 aromatic heterocycles. The summed E-state index contributed by atoms with van der Waals surface area (Å²) in [4.78, 5) is 2.43. The number of anilines is 1. The summed E-state index contributed by atoms with van der Waals surface area (Å²) < 4.78 is 14.1. The average Bonchev–Trinajstić information content (AvgIpc) is 3.12. The standard InChI is InChI=1S/C15H16FNS2/c1-17-13-7-6-12(16)14(10-4-5-10)15(13)19-9-11-3-2-8-18-11/h2-3,6-8,10,17H,4-5,9H2,1H3. The van der Waals surface area contributed by atoms with Gasteiger partial charge in [0.25, 0.3) is 0 Å². The highest BCUT2D eigenvalue weighted by Crippen LogP contribution is 2.48. The molecule has 0 bridgehead atoms. The maximum absolute atomic E-state index is 14.1. The van der Waals surface area contributed by atoms with Crippen molar-refractivity contribution in [1.82, 2.24) is 0 Å². The number of nitrogens with one attached hydrogen (secondary N) is 1. The van der Waals surface area contributed by atoms with Gasteiger partial charge in [-0.3, -0.25) is 0 Å². The van der Waals surface area contributed by atoms with Crippen molar-refractivity contribution in [3.05, 3.63) is 45.9 Å². The Hall–Kier alpha value is -1.00. The highest BCUT2D eigenvalue weighted by atomic mass is 32.2. The summed E-state index contributed by atoms with van der Waals surface area (Å²) in [6.07, 6.45) is 2.24. The van der Waals surface area contributed by atoms with Crippen LogP contribution in [-0.2, 0) is 5.75 Å². The van der Waals surface area contributed by atoms with Crippen LogP contribution in [0.3, 0.4) is 0 Å². The lowest BCUT2D eigenvalue weighted by atomic mass is 10.1. The van der Waals surface area contributed by atoms with Gasteiger partial charge >= 0.3 is 0 Å². The van der Waals surface area contributed by atoms with E-state index in [1.807, 2.05) is 13.1 Å². The van der Waals surface area contributed by atoms with E-state index in [2.05, 4.69) is 22.8 Å². The summed E-state index contributed by atoms with van der Waals surface area (Å²) in [5, 5.41) is 5.28. The lowest BCUT2D eigenvalue weighted by Gasteiger charge is -2.14. The lowest BCUT2D eigenvalue weighted by Crippen LogP contribution is -1.98. The Bertz CT molecular complexity index is 562. The summed E-state index contributed by atoms with van der Waals surface area (Å²) in [7, 11) is 1.90. The zero-order chi connectivity index (χ0) is 13.2. The van der Waals surface area contributed by atoms with Gasteiger partial charge in [-0.15, -0.1) is 23.1 Å². The Kier molecular flexibility index (Phi) is 3.80. The third kappa shape index (κ3) is 2.79. The Morgan fingerprint density at radius 1 is 1.37 bits per heavy atom. The Morgan fingerprint density at radius 2 is 2.21 bits per heavy atom. The Morgan fingerprint density at radius 3 is 2.84 bits per heavy atom. The van der Waals surface area contributed by atoms with Crippen LogP contribution >= 0.6 is 23.1 Å². The van der Waals surface area contributed by atoms with E-state index in [1.54, 1.807) is 29.2 Å². The molecule has 2 aromatic rings. The van der Waals surface area contributed by atoms with Crippen molar-refractivity contribution in [1.29, 1.82) is 0 Å². The van der Waals surface area contributed by atoms with Crippen molar-refractivity contribution in [2.24, 2.45) is 0 Å². The number of hydrogen-bond donors (Lipinski definition) is 1. The molecule has 1 fully saturated rings. The van der Waals surface area contributed by atoms with Crippen LogP contribution in [0.25, 0.3) is 0 Å². The number of benzene rings is 1. The first-order chi connectivity index (χ1) is 9.29. The molecule has 0 saturated heterocycles. The topological polar surface area (TPSA) is 12.0 Å². The summed E-state index contributed by atoms with van der Waals surface area (Å²) in [5.74, 6) is 1.30. The number of thiophene rings is 1. The summed E-state index contributed by atoms with van der Waals surface area (Å²) in [6.45, 7) is 0. The summed E-state index contributed by atoms with van der Waals surface area (Å²) in [5.41, 5.74) is 1.97. The fourth-order valence-corrected chi connectivity index (χ4v) is 4.28. The average molecular weight is 293 g/mol. The van der Waals surface area contributed by atoms with Gasteiger partial charge in [-0.2, -0.15) is 0 Å². The first kappa shape index (κ1) is 13.0. The highest BCUT2D eigenvalue weighted by molar-refractivity contribution is 7.98. The van der Waals surface area contributed by atoms with E-state index in [0.29, 0.717) is 5.92 Å². The number of halogens is 1. The Balaban J connectivity index is 1.90. The Labute approximate surface area is 121 Å². The van der Waals surface area contributed by atoms with Gasteiger partial charge in [-0.25, -0.2) is 4.39 Å². The predicted molar refractivity (Wildman–Crippen MR) is 81.8 cm³/mol. The fraction of sp³-hybridized carbons (Fsp3) is 0.333. The minimum absolute atomic E-state index is 0.0461. The second kappa shape index (κ2) is 5.55. The van der Waals surface area contributed by atoms with Crippen molar-refractivity contribution < 1.29 is 4.39 Å². The number of thioether (sulfide) groups is 1. The van der Waals surface area contributed by atoms with Crippen LogP contribution in [0.2, 0.25) is 0 Å². The maximum atomic E-state index is 14.1. The summed E-state index contributed by atoms with van der Waals surface area (Å²) in [6, 6.07) is 7.63. The van der Waals surface area contributed by atoms with Crippen molar-refractivity contribution in [2.45, 2.75) is 29.4 Å². The van der Waals surface area contributed by atoms with Crippen LogP contribution in [-0.4, -0.2) is 7.05 Å². The molecule has 1 nitrogen and oxygen atoms in total. The van der Waals surface area contributed by atoms with Gasteiger partial charge in [-0.1, -0.05) is 6.07 Å². The van der Waals surface area contributed by atoms with Crippen LogP contribution < -0.4 is 5.32 Å². The van der Waals surface area contributed by atoms with Crippen LogP contribution in [0.4, 0.5) is 10.1 Å². The molecule has 3 rings (SSSR count). The molecule has 1 aromatic carbocycles. The molecule has 0 atom stereocenters. The van der Waals surface area contributed by atoms with E-state index in [4.69, 9.17) is 0 Å². The highest BCUT2D eigenvalue weighted by Gasteiger charge is 2.30. The van der Waals surface area contributed by atoms with Gasteiger partial charge in [0.05, 0.1) is 0 Å². The van der Waals surface area contributed by atoms with Gasteiger partial charge in [0, 0.05) is 33.8 Å². The zero-order valence-corrected chi connectivity index (χ0v) is 12.4. The molecule has 4 heteroatoms. The third-order valence-corrected chi connectivity index (χ3v) is 5.58. The molecule has 0 amide bonds. The van der Waals surface area contributed by atoms with Gasteiger partial charge < -0.3 is 5.32 Å². The van der Waals surface area contributed by atoms with Crippen LogP contribution in [0.15, 0.2) is 34.5 Å². The summed E-state index contributed by atoms with van der Waals surface area (Å²) >= 11 is 3.50. The van der Waals surface area contributed by atoms with Crippen molar-refractivity contribution in [3.8, 4) is 0 Å². The van der Waals surface area contributed by atoms with E-state index in [0.717, 1.165) is 34.7 Å². The minimum atomic E-state index is -0.0461. The van der Waals surface area contributed by atoms with E-state index in [-0.39, 0.29) is 5.82 Å². The molecule has 1 aliphatic rings. The first-order valence-corrected chi connectivity index (χ1v) is 8.31. The molecule has 1 N–H and O–H groups in total. The normalized spacial score (nSPS) is 14.6. The number of hydrogen-bond acceptors (Lipinski definition) is 3. The van der Waals surface area contributed by atoms with Gasteiger partial charge in [0.1, 0.15) is 5.82 Å². The van der Waals surface area contributed by atoms with Crippen LogP contribution in [0, 0.1) is 5.82 Å². The molecular formula is C15H16FNS2. The number of rotatable bonds is 5. The molecule has 1 saturated carbocycles. The van der Waals surface area contributed by atoms with Gasteiger partial charge in [0.2, 0.25) is 0 Å². The molecule has 0 radical (unpaired) electrons. The smallest absolute Gasteiger partial charge is 0.127 e. The van der Waals surface area contributed by atoms with Crippen LogP contribution in [0.1, 0.15) is 29.2 Å². The van der Waals surface area contributed by atoms with Crippen molar-refractivity contribution in [3.63, 3.8) is 0 Å². The predicted octanol–water partition coefficient (Wildman–Crippen LogP) is 5.10. The van der Waals surface area contributed by atoms with E-state index in [1.165, 1.54) is 4.88 Å². The molecule has 0 unspecified atom stereocenters. The van der Waals surface area contributed by atoms with E-state index in [9.17, 15) is 4.39 Å². The molecule has 1 aliphatic carbocycles. The zero-order valence-electron chi connectivity index (χ0n) is 10.8. The molecule has 1 heterocycles. The quantitative estimate of drug-likeness (QED) is 0.770. The second-order valence-electron chi connectivity index (χ2n) is 4.73. The molecule has 0 aliphatic heterocycles. The molecule has 0 spiro atoms. The first-order valence-electron chi connectivity index (χ1n) is 6.45. The molecular weight excluding hydrogens is 277 g/mol. The van der Waals surface area contributed by atoms with E-state index < -0.39 is 0 Å². The van der Waals surface area contributed by atoms with Gasteiger partial charge in [-0.05, 0) is 42.3 Å².